The largest absolute Gasteiger partial charge is 0.490 e. The van der Waals surface area contributed by atoms with E-state index in [1.165, 1.54) is 0 Å². The van der Waals surface area contributed by atoms with Gasteiger partial charge in [-0.25, -0.2) is 0 Å². The molecule has 106 valence electrons. The zero-order valence-corrected chi connectivity index (χ0v) is 15.0. The highest BCUT2D eigenvalue weighted by molar-refractivity contribution is 9.10. The Morgan fingerprint density at radius 2 is 1.70 bits per heavy atom. The molecule has 0 aliphatic carbocycles. The van der Waals surface area contributed by atoms with Crippen LogP contribution >= 0.6 is 55.1 Å². The maximum Gasteiger partial charge on any atom is 0.139 e. The fourth-order valence-electron chi connectivity index (χ4n) is 1.54. The molecule has 0 radical (unpaired) electrons. The van der Waals surface area contributed by atoms with Gasteiger partial charge in [-0.05, 0) is 46.3 Å². The minimum atomic E-state index is 0.494. The van der Waals surface area contributed by atoms with Gasteiger partial charge in [0.25, 0.3) is 0 Å². The van der Waals surface area contributed by atoms with Gasteiger partial charge in [0.1, 0.15) is 12.4 Å². The number of ether oxygens (including phenoxy) is 1. The van der Waals surface area contributed by atoms with Gasteiger partial charge in [-0.1, -0.05) is 39.1 Å². The zero-order chi connectivity index (χ0) is 14.5. The SMILES string of the molecule is Clc1cc(OCCNc2ccc(Br)cc2)c(Cl)cc1Br. The molecule has 0 saturated heterocycles. The lowest BCUT2D eigenvalue weighted by molar-refractivity contribution is 0.333. The molecule has 0 unspecified atom stereocenters. The van der Waals surface area contributed by atoms with Gasteiger partial charge >= 0.3 is 0 Å². The van der Waals surface area contributed by atoms with E-state index in [2.05, 4.69) is 37.2 Å². The van der Waals surface area contributed by atoms with E-state index in [0.717, 1.165) is 14.6 Å². The smallest absolute Gasteiger partial charge is 0.139 e. The second kappa shape index (κ2) is 7.55. The molecule has 0 amide bonds. The van der Waals surface area contributed by atoms with Crippen LogP contribution < -0.4 is 10.1 Å². The van der Waals surface area contributed by atoms with Gasteiger partial charge in [-0.15, -0.1) is 0 Å². The summed E-state index contributed by atoms with van der Waals surface area (Å²) < 4.78 is 7.41. The van der Waals surface area contributed by atoms with Crippen LogP contribution in [0.2, 0.25) is 10.0 Å². The van der Waals surface area contributed by atoms with Crippen molar-refractivity contribution in [3.8, 4) is 5.75 Å². The Kier molecular flexibility index (Phi) is 6.02. The number of halogens is 4. The number of rotatable bonds is 5. The Morgan fingerprint density at radius 3 is 2.40 bits per heavy atom. The van der Waals surface area contributed by atoms with Crippen LogP contribution in [0.25, 0.3) is 0 Å². The topological polar surface area (TPSA) is 21.3 Å². The number of hydrogen-bond donors (Lipinski definition) is 1. The maximum atomic E-state index is 6.08. The fourth-order valence-corrected chi connectivity index (χ4v) is 2.65. The molecule has 1 N–H and O–H groups in total. The minimum absolute atomic E-state index is 0.494. The van der Waals surface area contributed by atoms with Crippen LogP contribution in [0.1, 0.15) is 0 Å². The third-order valence-corrected chi connectivity index (χ3v) is 4.53. The summed E-state index contributed by atoms with van der Waals surface area (Å²) in [7, 11) is 0. The normalized spacial score (nSPS) is 10.4. The summed E-state index contributed by atoms with van der Waals surface area (Å²) in [6, 6.07) is 11.4. The van der Waals surface area contributed by atoms with Crippen molar-refractivity contribution < 1.29 is 4.74 Å². The lowest BCUT2D eigenvalue weighted by Gasteiger charge is -2.11. The third kappa shape index (κ3) is 4.55. The Morgan fingerprint density at radius 1 is 1.00 bits per heavy atom. The molecular weight excluding hydrogens is 429 g/mol. The molecule has 0 fully saturated rings. The molecule has 2 aromatic rings. The first-order chi connectivity index (χ1) is 9.56. The molecule has 2 rings (SSSR count). The van der Waals surface area contributed by atoms with Crippen molar-refractivity contribution in [3.05, 3.63) is 55.4 Å². The lowest BCUT2D eigenvalue weighted by atomic mass is 10.3. The molecule has 20 heavy (non-hydrogen) atoms. The standard InChI is InChI=1S/C14H11Br2Cl2NO/c15-9-1-3-10(4-2-9)19-5-6-20-14-8-12(17)11(16)7-13(14)18/h1-4,7-8,19H,5-6H2. The van der Waals surface area contributed by atoms with Crippen molar-refractivity contribution in [2.75, 3.05) is 18.5 Å². The van der Waals surface area contributed by atoms with Crippen LogP contribution in [0.3, 0.4) is 0 Å². The average molecular weight is 440 g/mol. The molecule has 6 heteroatoms. The van der Waals surface area contributed by atoms with Crippen molar-refractivity contribution >= 4 is 60.7 Å². The van der Waals surface area contributed by atoms with E-state index < -0.39 is 0 Å². The molecule has 0 atom stereocenters. The monoisotopic (exact) mass is 437 g/mol. The van der Waals surface area contributed by atoms with E-state index in [1.807, 2.05) is 24.3 Å². The van der Waals surface area contributed by atoms with Gasteiger partial charge in [-0.3, -0.25) is 0 Å². The highest BCUT2D eigenvalue weighted by Gasteiger charge is 2.06. The number of benzene rings is 2. The number of nitrogens with one attached hydrogen (secondary N) is 1. The molecule has 0 aromatic heterocycles. The van der Waals surface area contributed by atoms with E-state index in [-0.39, 0.29) is 0 Å². The molecular formula is C14H11Br2Cl2NO. The van der Waals surface area contributed by atoms with Crippen LogP contribution in [0.15, 0.2) is 45.3 Å². The van der Waals surface area contributed by atoms with Crippen LogP contribution in [-0.4, -0.2) is 13.2 Å². The van der Waals surface area contributed by atoms with Gasteiger partial charge in [-0.2, -0.15) is 0 Å². The van der Waals surface area contributed by atoms with E-state index in [9.17, 15) is 0 Å². The molecule has 2 aromatic carbocycles. The van der Waals surface area contributed by atoms with Gasteiger partial charge in [0.2, 0.25) is 0 Å². The molecule has 0 bridgehead atoms. The first-order valence-corrected chi connectivity index (χ1v) is 8.17. The Bertz CT molecular complexity index is 590. The first kappa shape index (κ1) is 16.0. The number of hydrogen-bond acceptors (Lipinski definition) is 2. The van der Waals surface area contributed by atoms with Crippen LogP contribution in [0.4, 0.5) is 5.69 Å². The van der Waals surface area contributed by atoms with Crippen molar-refractivity contribution in [1.29, 1.82) is 0 Å². The third-order valence-electron chi connectivity index (χ3n) is 2.51. The average Bonchev–Trinajstić information content (AvgIpc) is 2.42. The van der Waals surface area contributed by atoms with Crippen molar-refractivity contribution in [3.63, 3.8) is 0 Å². The van der Waals surface area contributed by atoms with E-state index in [1.54, 1.807) is 12.1 Å². The molecule has 0 aliphatic rings. The Hall–Kier alpha value is -0.420. The second-order valence-corrected chi connectivity index (χ2v) is 6.56. The summed E-state index contributed by atoms with van der Waals surface area (Å²) in [5.74, 6) is 0.581. The second-order valence-electron chi connectivity index (χ2n) is 3.98. The number of anilines is 1. The van der Waals surface area contributed by atoms with Gasteiger partial charge in [0.15, 0.2) is 0 Å². The molecule has 0 saturated carbocycles. The summed E-state index contributed by atoms with van der Waals surface area (Å²) in [5.41, 5.74) is 1.04. The minimum Gasteiger partial charge on any atom is -0.490 e. The molecule has 0 heterocycles. The van der Waals surface area contributed by atoms with Crippen molar-refractivity contribution in [2.24, 2.45) is 0 Å². The quantitative estimate of drug-likeness (QED) is 0.455. The summed E-state index contributed by atoms with van der Waals surface area (Å²) in [6.45, 7) is 1.17. The van der Waals surface area contributed by atoms with Gasteiger partial charge < -0.3 is 10.1 Å². The van der Waals surface area contributed by atoms with Crippen molar-refractivity contribution in [1.82, 2.24) is 0 Å². The lowest BCUT2D eigenvalue weighted by Crippen LogP contribution is -2.11. The summed E-state index contributed by atoms with van der Waals surface area (Å²) >= 11 is 18.8. The summed E-state index contributed by atoms with van der Waals surface area (Å²) in [4.78, 5) is 0. The van der Waals surface area contributed by atoms with Crippen molar-refractivity contribution in [2.45, 2.75) is 0 Å². The predicted molar refractivity (Wildman–Crippen MR) is 92.3 cm³/mol. The molecule has 0 aliphatic heterocycles. The molecule has 0 spiro atoms. The fraction of sp³-hybridized carbons (Fsp3) is 0.143. The van der Waals surface area contributed by atoms with Gasteiger partial charge in [0.05, 0.1) is 10.0 Å². The predicted octanol–water partition coefficient (Wildman–Crippen LogP) is 6.01. The zero-order valence-electron chi connectivity index (χ0n) is 10.3. The van der Waals surface area contributed by atoms with E-state index >= 15 is 0 Å². The Balaban J connectivity index is 1.84. The van der Waals surface area contributed by atoms with Crippen LogP contribution in [0, 0.1) is 0 Å². The van der Waals surface area contributed by atoms with E-state index in [0.29, 0.717) is 28.9 Å². The highest BCUT2D eigenvalue weighted by Crippen LogP contribution is 2.33. The van der Waals surface area contributed by atoms with Crippen LogP contribution in [-0.2, 0) is 0 Å². The van der Waals surface area contributed by atoms with E-state index in [4.69, 9.17) is 27.9 Å². The highest BCUT2D eigenvalue weighted by atomic mass is 79.9. The Labute approximate surface area is 144 Å². The van der Waals surface area contributed by atoms with Gasteiger partial charge in [0, 0.05) is 27.2 Å². The molecule has 2 nitrogen and oxygen atoms in total. The van der Waals surface area contributed by atoms with Crippen LogP contribution in [0.5, 0.6) is 5.75 Å². The first-order valence-electron chi connectivity index (χ1n) is 5.83. The summed E-state index contributed by atoms with van der Waals surface area (Å²) in [5, 5.41) is 4.36. The summed E-state index contributed by atoms with van der Waals surface area (Å²) in [6.07, 6.45) is 0. The maximum absolute atomic E-state index is 6.08.